The zero-order valence-corrected chi connectivity index (χ0v) is 12.1. The molecule has 102 valence electrons. The van der Waals surface area contributed by atoms with Crippen molar-refractivity contribution in [1.82, 2.24) is 5.32 Å². The molecule has 0 aromatic rings. The van der Waals surface area contributed by atoms with E-state index in [9.17, 15) is 0 Å². The lowest BCUT2D eigenvalue weighted by atomic mass is 9.80. The van der Waals surface area contributed by atoms with Gasteiger partial charge in [-0.1, -0.05) is 71.6 Å². The zero-order valence-electron chi connectivity index (χ0n) is 12.1. The summed E-state index contributed by atoms with van der Waals surface area (Å²) >= 11 is 0. The summed E-state index contributed by atoms with van der Waals surface area (Å²) in [6, 6.07) is 0.816. The van der Waals surface area contributed by atoms with E-state index in [1.165, 1.54) is 70.6 Å². The fourth-order valence-electron chi connectivity index (χ4n) is 2.89. The summed E-state index contributed by atoms with van der Waals surface area (Å²) in [6.45, 7) is 5.68. The first-order valence-corrected chi connectivity index (χ1v) is 8.10. The van der Waals surface area contributed by atoms with E-state index >= 15 is 0 Å². The predicted molar refractivity (Wildman–Crippen MR) is 77.4 cm³/mol. The Hall–Kier alpha value is -0.0400. The molecule has 0 radical (unpaired) electrons. The highest BCUT2D eigenvalue weighted by Crippen LogP contribution is 2.31. The summed E-state index contributed by atoms with van der Waals surface area (Å²) in [7, 11) is 0. The lowest BCUT2D eigenvalue weighted by Crippen LogP contribution is -2.32. The number of nitrogens with one attached hydrogen (secondary N) is 1. The summed E-state index contributed by atoms with van der Waals surface area (Å²) in [5.74, 6) is 1.05. The summed E-state index contributed by atoms with van der Waals surface area (Å²) in [6.07, 6.45) is 15.9. The van der Waals surface area contributed by atoms with Gasteiger partial charge in [0.05, 0.1) is 0 Å². The molecule has 0 bridgehead atoms. The molecule has 1 heteroatoms. The molecule has 0 aromatic heterocycles. The van der Waals surface area contributed by atoms with E-state index < -0.39 is 0 Å². The van der Waals surface area contributed by atoms with E-state index in [0.717, 1.165) is 18.5 Å². The van der Waals surface area contributed by atoms with Crippen LogP contribution < -0.4 is 5.32 Å². The van der Waals surface area contributed by atoms with E-state index in [1.54, 1.807) is 0 Å². The molecule has 1 aliphatic carbocycles. The van der Waals surface area contributed by atoms with Crippen molar-refractivity contribution >= 4 is 0 Å². The van der Waals surface area contributed by atoms with Gasteiger partial charge in [-0.15, -0.1) is 0 Å². The van der Waals surface area contributed by atoms with Gasteiger partial charge in [-0.05, 0) is 25.3 Å². The van der Waals surface area contributed by atoms with Gasteiger partial charge in [0.15, 0.2) is 0 Å². The molecule has 17 heavy (non-hydrogen) atoms. The Bertz CT molecular complexity index is 163. The summed E-state index contributed by atoms with van der Waals surface area (Å²) < 4.78 is 0. The van der Waals surface area contributed by atoms with Crippen molar-refractivity contribution in [3.05, 3.63) is 0 Å². The van der Waals surface area contributed by atoms with Crippen molar-refractivity contribution in [2.24, 2.45) is 5.92 Å². The van der Waals surface area contributed by atoms with Crippen molar-refractivity contribution in [3.8, 4) is 0 Å². The third-order valence-corrected chi connectivity index (χ3v) is 4.24. The highest BCUT2D eigenvalue weighted by atomic mass is 14.9. The first kappa shape index (κ1) is 15.0. The predicted octanol–water partition coefficient (Wildman–Crippen LogP) is 4.91. The summed E-state index contributed by atoms with van der Waals surface area (Å²) in [5, 5.41) is 3.68. The van der Waals surface area contributed by atoms with E-state index in [4.69, 9.17) is 0 Å². The molecule has 0 amide bonds. The monoisotopic (exact) mass is 239 g/mol. The van der Waals surface area contributed by atoms with E-state index in [0.29, 0.717) is 0 Å². The van der Waals surface area contributed by atoms with E-state index in [2.05, 4.69) is 19.2 Å². The van der Waals surface area contributed by atoms with Gasteiger partial charge in [0.1, 0.15) is 0 Å². The van der Waals surface area contributed by atoms with Crippen molar-refractivity contribution in [3.63, 3.8) is 0 Å². The van der Waals surface area contributed by atoms with Gasteiger partial charge in [0.25, 0.3) is 0 Å². The zero-order chi connectivity index (χ0) is 12.3. The first-order valence-electron chi connectivity index (χ1n) is 8.10. The minimum Gasteiger partial charge on any atom is -0.314 e. The molecule has 1 atom stereocenters. The van der Waals surface area contributed by atoms with E-state index in [1.807, 2.05) is 0 Å². The third kappa shape index (κ3) is 7.08. The Kier molecular flexibility index (Phi) is 8.78. The molecule has 1 saturated carbocycles. The molecule has 0 saturated heterocycles. The van der Waals surface area contributed by atoms with Gasteiger partial charge in [-0.3, -0.25) is 0 Å². The van der Waals surface area contributed by atoms with Crippen molar-refractivity contribution in [1.29, 1.82) is 0 Å². The largest absolute Gasteiger partial charge is 0.314 e. The Labute approximate surface area is 109 Å². The van der Waals surface area contributed by atoms with Crippen LogP contribution in [-0.4, -0.2) is 12.6 Å². The Morgan fingerprint density at radius 2 is 1.71 bits per heavy atom. The highest BCUT2D eigenvalue weighted by Gasteiger charge is 2.21. The van der Waals surface area contributed by atoms with Gasteiger partial charge in [-0.2, -0.15) is 0 Å². The molecule has 1 N–H and O–H groups in total. The molecule has 1 nitrogen and oxygen atoms in total. The van der Waals surface area contributed by atoms with Crippen LogP contribution in [0.2, 0.25) is 0 Å². The summed E-state index contributed by atoms with van der Waals surface area (Å²) in [4.78, 5) is 0. The molecule has 1 rings (SSSR count). The number of hydrogen-bond donors (Lipinski definition) is 1. The maximum absolute atomic E-state index is 3.68. The van der Waals surface area contributed by atoms with Crippen LogP contribution in [0.4, 0.5) is 0 Å². The van der Waals surface area contributed by atoms with Crippen LogP contribution in [0.15, 0.2) is 0 Å². The van der Waals surface area contributed by atoms with Crippen LogP contribution in [-0.2, 0) is 0 Å². The average molecular weight is 239 g/mol. The quantitative estimate of drug-likeness (QED) is 0.505. The second kappa shape index (κ2) is 9.94. The molecule has 0 heterocycles. The molecule has 1 fully saturated rings. The van der Waals surface area contributed by atoms with Crippen LogP contribution in [0.5, 0.6) is 0 Å². The molecular weight excluding hydrogens is 206 g/mol. The highest BCUT2D eigenvalue weighted by molar-refractivity contribution is 4.77. The van der Waals surface area contributed by atoms with Gasteiger partial charge in [0.2, 0.25) is 0 Å². The Morgan fingerprint density at radius 1 is 1.00 bits per heavy atom. The smallest absolute Gasteiger partial charge is 0.00695 e. The first-order chi connectivity index (χ1) is 8.36. The van der Waals surface area contributed by atoms with Crippen LogP contribution >= 0.6 is 0 Å². The van der Waals surface area contributed by atoms with E-state index in [-0.39, 0.29) is 0 Å². The molecule has 0 spiro atoms. The van der Waals surface area contributed by atoms with Crippen LogP contribution in [0.1, 0.15) is 84.5 Å². The second-order valence-corrected chi connectivity index (χ2v) is 5.84. The van der Waals surface area contributed by atoms with Gasteiger partial charge in [0, 0.05) is 6.04 Å². The number of hydrogen-bond acceptors (Lipinski definition) is 1. The SMILES string of the molecule is CCCCCCCCC(CC1CCC1)NCC. The Morgan fingerprint density at radius 3 is 2.29 bits per heavy atom. The van der Waals surface area contributed by atoms with Crippen molar-refractivity contribution in [2.45, 2.75) is 90.5 Å². The molecule has 0 aromatic carbocycles. The minimum atomic E-state index is 0.816. The van der Waals surface area contributed by atoms with Crippen molar-refractivity contribution in [2.75, 3.05) is 6.54 Å². The van der Waals surface area contributed by atoms with Crippen LogP contribution in [0.3, 0.4) is 0 Å². The maximum atomic E-state index is 3.68. The molecular formula is C16H33N. The second-order valence-electron chi connectivity index (χ2n) is 5.84. The lowest BCUT2D eigenvalue weighted by molar-refractivity contribution is 0.253. The number of rotatable bonds is 11. The van der Waals surface area contributed by atoms with Crippen LogP contribution in [0.25, 0.3) is 0 Å². The summed E-state index contributed by atoms with van der Waals surface area (Å²) in [5.41, 5.74) is 0. The fraction of sp³-hybridized carbons (Fsp3) is 1.00. The lowest BCUT2D eigenvalue weighted by Gasteiger charge is -2.30. The third-order valence-electron chi connectivity index (χ3n) is 4.24. The molecule has 1 unspecified atom stereocenters. The van der Waals surface area contributed by atoms with Gasteiger partial charge >= 0.3 is 0 Å². The maximum Gasteiger partial charge on any atom is 0.00695 e. The average Bonchev–Trinajstić information content (AvgIpc) is 2.28. The molecule has 1 aliphatic rings. The normalized spacial score (nSPS) is 18.0. The van der Waals surface area contributed by atoms with Crippen molar-refractivity contribution < 1.29 is 0 Å². The molecule has 0 aliphatic heterocycles. The van der Waals surface area contributed by atoms with Gasteiger partial charge in [-0.25, -0.2) is 0 Å². The standard InChI is InChI=1S/C16H33N/c1-3-5-6-7-8-9-13-16(17-4-2)14-15-11-10-12-15/h15-17H,3-14H2,1-2H3. The number of unbranched alkanes of at least 4 members (excludes halogenated alkanes) is 5. The van der Waals surface area contributed by atoms with Gasteiger partial charge < -0.3 is 5.32 Å². The van der Waals surface area contributed by atoms with Crippen LogP contribution in [0, 0.1) is 5.92 Å². The topological polar surface area (TPSA) is 12.0 Å². The fourth-order valence-corrected chi connectivity index (χ4v) is 2.89. The Balaban J connectivity index is 1.98. The minimum absolute atomic E-state index is 0.816.